The van der Waals surface area contributed by atoms with Gasteiger partial charge in [0, 0.05) is 5.75 Å². The van der Waals surface area contributed by atoms with Gasteiger partial charge in [-0.1, -0.05) is 56.0 Å². The molecular formula is C17H23N3O3S2. The van der Waals surface area contributed by atoms with Gasteiger partial charge in [-0.05, 0) is 24.5 Å². The Balaban J connectivity index is 1.98. The molecule has 25 heavy (non-hydrogen) atoms. The van der Waals surface area contributed by atoms with Crippen LogP contribution in [0.15, 0.2) is 28.6 Å². The number of thioether (sulfide) groups is 1. The quantitative estimate of drug-likeness (QED) is 0.521. The average Bonchev–Trinajstić information content (AvgIpc) is 3.05. The Morgan fingerprint density at radius 2 is 2.00 bits per heavy atom. The predicted molar refractivity (Wildman–Crippen MR) is 102 cm³/mol. The van der Waals surface area contributed by atoms with Crippen LogP contribution >= 0.6 is 23.1 Å². The second kappa shape index (κ2) is 9.62. The van der Waals surface area contributed by atoms with E-state index in [-0.39, 0.29) is 5.91 Å². The molecule has 0 bridgehead atoms. The van der Waals surface area contributed by atoms with Gasteiger partial charge in [-0.2, -0.15) is 0 Å². The zero-order valence-electron chi connectivity index (χ0n) is 14.8. The van der Waals surface area contributed by atoms with Gasteiger partial charge in [-0.3, -0.25) is 10.1 Å². The molecule has 0 saturated heterocycles. The minimum atomic E-state index is -0.632. The highest BCUT2D eigenvalue weighted by atomic mass is 32.2. The highest BCUT2D eigenvalue weighted by molar-refractivity contribution is 8.01. The van der Waals surface area contributed by atoms with E-state index in [2.05, 4.69) is 29.4 Å². The summed E-state index contributed by atoms with van der Waals surface area (Å²) in [7, 11) is 1.57. The van der Waals surface area contributed by atoms with Crippen molar-refractivity contribution >= 4 is 34.1 Å². The van der Waals surface area contributed by atoms with E-state index in [1.165, 1.54) is 11.3 Å². The summed E-state index contributed by atoms with van der Waals surface area (Å²) < 4.78 is 11.9. The van der Waals surface area contributed by atoms with Gasteiger partial charge in [0.05, 0.1) is 7.11 Å². The number of nitrogens with one attached hydrogen (secondary N) is 1. The van der Waals surface area contributed by atoms with Crippen LogP contribution in [0.25, 0.3) is 0 Å². The van der Waals surface area contributed by atoms with Gasteiger partial charge in [0.15, 0.2) is 21.9 Å². The molecule has 0 saturated carbocycles. The Morgan fingerprint density at radius 3 is 2.64 bits per heavy atom. The molecule has 0 aliphatic heterocycles. The summed E-state index contributed by atoms with van der Waals surface area (Å²) in [5.74, 6) is 2.43. The van der Waals surface area contributed by atoms with E-state index in [4.69, 9.17) is 9.47 Å². The Bertz CT molecular complexity index is 691. The minimum Gasteiger partial charge on any atom is -0.493 e. The maximum absolute atomic E-state index is 12.5. The number of methoxy groups -OCH3 is 1. The average molecular weight is 382 g/mol. The van der Waals surface area contributed by atoms with Crippen LogP contribution < -0.4 is 14.8 Å². The van der Waals surface area contributed by atoms with Crippen molar-refractivity contribution in [2.75, 3.05) is 18.2 Å². The first kappa shape index (κ1) is 19.5. The molecule has 1 aromatic heterocycles. The number of amides is 1. The molecule has 6 nitrogen and oxygen atoms in total. The maximum Gasteiger partial charge on any atom is 0.267 e. The van der Waals surface area contributed by atoms with Crippen molar-refractivity contribution in [3.05, 3.63) is 24.3 Å². The molecule has 1 amide bonds. The maximum atomic E-state index is 12.5. The van der Waals surface area contributed by atoms with Gasteiger partial charge in [-0.25, -0.2) is 0 Å². The minimum absolute atomic E-state index is 0.245. The SMILES string of the molecule is CC[C@@H](Oc1ccccc1OC)C(=O)Nc1nnc(SCC(C)C)s1. The molecule has 0 spiro atoms. The summed E-state index contributed by atoms with van der Waals surface area (Å²) in [6.45, 7) is 6.19. The van der Waals surface area contributed by atoms with E-state index in [0.29, 0.717) is 29.0 Å². The van der Waals surface area contributed by atoms with Crippen LogP contribution in [0, 0.1) is 5.92 Å². The van der Waals surface area contributed by atoms with E-state index in [1.807, 2.05) is 19.1 Å². The fourth-order valence-corrected chi connectivity index (χ4v) is 3.67. The molecule has 1 aromatic carbocycles. The fourth-order valence-electron chi connectivity index (χ4n) is 1.93. The van der Waals surface area contributed by atoms with Crippen LogP contribution in [0.3, 0.4) is 0 Å². The van der Waals surface area contributed by atoms with Crippen molar-refractivity contribution in [3.8, 4) is 11.5 Å². The molecular weight excluding hydrogens is 358 g/mol. The lowest BCUT2D eigenvalue weighted by molar-refractivity contribution is -0.122. The van der Waals surface area contributed by atoms with Crippen LogP contribution in [-0.2, 0) is 4.79 Å². The first-order valence-corrected chi connectivity index (χ1v) is 9.90. The van der Waals surface area contributed by atoms with Gasteiger partial charge in [0.25, 0.3) is 5.91 Å². The molecule has 1 N–H and O–H groups in total. The van der Waals surface area contributed by atoms with E-state index in [1.54, 1.807) is 31.0 Å². The molecule has 0 aliphatic carbocycles. The number of ether oxygens (including phenoxy) is 2. The summed E-state index contributed by atoms with van der Waals surface area (Å²) in [5, 5.41) is 11.4. The van der Waals surface area contributed by atoms with Gasteiger partial charge < -0.3 is 9.47 Å². The van der Waals surface area contributed by atoms with Gasteiger partial charge in [0.1, 0.15) is 0 Å². The van der Waals surface area contributed by atoms with E-state index < -0.39 is 6.10 Å². The fraction of sp³-hybridized carbons (Fsp3) is 0.471. The Morgan fingerprint density at radius 1 is 1.28 bits per heavy atom. The number of anilines is 1. The molecule has 0 radical (unpaired) electrons. The smallest absolute Gasteiger partial charge is 0.267 e. The molecule has 2 rings (SSSR count). The van der Waals surface area contributed by atoms with Crippen LogP contribution in [-0.4, -0.2) is 35.1 Å². The number of aromatic nitrogens is 2. The second-order valence-electron chi connectivity index (χ2n) is 5.73. The largest absolute Gasteiger partial charge is 0.493 e. The van der Waals surface area contributed by atoms with Crippen molar-refractivity contribution in [1.82, 2.24) is 10.2 Å². The lowest BCUT2D eigenvalue weighted by Gasteiger charge is -2.18. The molecule has 136 valence electrons. The molecule has 0 unspecified atom stereocenters. The van der Waals surface area contributed by atoms with Crippen molar-refractivity contribution in [2.24, 2.45) is 5.92 Å². The van der Waals surface area contributed by atoms with Gasteiger partial charge in [-0.15, -0.1) is 10.2 Å². The van der Waals surface area contributed by atoms with E-state index >= 15 is 0 Å². The van der Waals surface area contributed by atoms with E-state index in [9.17, 15) is 4.79 Å². The lowest BCUT2D eigenvalue weighted by atomic mass is 10.2. The third-order valence-electron chi connectivity index (χ3n) is 3.18. The van der Waals surface area contributed by atoms with E-state index in [0.717, 1.165) is 10.1 Å². The zero-order chi connectivity index (χ0) is 18.2. The van der Waals surface area contributed by atoms with Crippen molar-refractivity contribution < 1.29 is 14.3 Å². The first-order chi connectivity index (χ1) is 12.0. The lowest BCUT2D eigenvalue weighted by Crippen LogP contribution is -2.32. The summed E-state index contributed by atoms with van der Waals surface area (Å²) in [6, 6.07) is 7.26. The van der Waals surface area contributed by atoms with Gasteiger partial charge in [0.2, 0.25) is 5.13 Å². The monoisotopic (exact) mass is 381 g/mol. The number of carbonyl (C=O) groups excluding carboxylic acids is 1. The number of benzene rings is 1. The number of nitrogens with zero attached hydrogens (tertiary/aromatic N) is 2. The number of carbonyl (C=O) groups is 1. The summed E-state index contributed by atoms with van der Waals surface area (Å²) in [4.78, 5) is 12.5. The number of hydrogen-bond acceptors (Lipinski definition) is 7. The number of hydrogen-bond donors (Lipinski definition) is 1. The van der Waals surface area contributed by atoms with Crippen LogP contribution in [0.4, 0.5) is 5.13 Å². The standard InChI is InChI=1S/C17H23N3O3S2/c1-5-12(23-14-9-7-6-8-13(14)22-4)15(21)18-16-19-20-17(25-16)24-10-11(2)3/h6-9,11-12H,5,10H2,1-4H3,(H,18,19,21)/t12-/m1/s1. The normalized spacial score (nSPS) is 12.0. The number of rotatable bonds is 9. The molecule has 0 aliphatic rings. The Hall–Kier alpha value is -1.80. The second-order valence-corrected chi connectivity index (χ2v) is 7.98. The Labute approximate surface area is 156 Å². The molecule has 1 atom stereocenters. The Kier molecular flexibility index (Phi) is 7.52. The van der Waals surface area contributed by atoms with Crippen LogP contribution in [0.2, 0.25) is 0 Å². The van der Waals surface area contributed by atoms with Crippen molar-refractivity contribution in [3.63, 3.8) is 0 Å². The summed E-state index contributed by atoms with van der Waals surface area (Å²) in [5.41, 5.74) is 0. The topological polar surface area (TPSA) is 73.3 Å². The zero-order valence-corrected chi connectivity index (χ0v) is 16.4. The molecule has 1 heterocycles. The highest BCUT2D eigenvalue weighted by Gasteiger charge is 2.21. The molecule has 8 heteroatoms. The first-order valence-electron chi connectivity index (χ1n) is 8.10. The molecule has 2 aromatic rings. The van der Waals surface area contributed by atoms with Crippen LogP contribution in [0.1, 0.15) is 27.2 Å². The van der Waals surface area contributed by atoms with Crippen LogP contribution in [0.5, 0.6) is 11.5 Å². The van der Waals surface area contributed by atoms with Crippen molar-refractivity contribution in [2.45, 2.75) is 37.6 Å². The molecule has 0 fully saturated rings. The third-order valence-corrected chi connectivity index (χ3v) is 5.58. The summed E-state index contributed by atoms with van der Waals surface area (Å²) >= 11 is 3.02. The number of para-hydroxylation sites is 2. The highest BCUT2D eigenvalue weighted by Crippen LogP contribution is 2.29. The summed E-state index contributed by atoms with van der Waals surface area (Å²) in [6.07, 6.45) is -0.107. The third kappa shape index (κ3) is 5.89. The van der Waals surface area contributed by atoms with Gasteiger partial charge >= 0.3 is 0 Å². The van der Waals surface area contributed by atoms with Crippen molar-refractivity contribution in [1.29, 1.82) is 0 Å². The predicted octanol–water partition coefficient (Wildman–Crippen LogP) is 4.09.